The SMILES string of the molecule is CC1CCN(CCCC(=O)NN)CC1O. The number of nitrogens with zero attached hydrogens (tertiary/aromatic N) is 1. The molecule has 1 rings (SSSR count). The molecule has 1 fully saturated rings. The predicted octanol–water partition coefficient (Wildman–Crippen LogP) is -0.541. The van der Waals surface area contributed by atoms with Gasteiger partial charge in [0.15, 0.2) is 0 Å². The molecule has 0 aromatic rings. The molecule has 5 nitrogen and oxygen atoms in total. The first-order valence-electron chi connectivity index (χ1n) is 5.53. The molecule has 0 aromatic heterocycles. The van der Waals surface area contributed by atoms with E-state index in [1.165, 1.54) is 0 Å². The second-order valence-electron chi connectivity index (χ2n) is 4.30. The number of nitrogens with one attached hydrogen (secondary N) is 1. The van der Waals surface area contributed by atoms with Gasteiger partial charge in [0.2, 0.25) is 5.91 Å². The summed E-state index contributed by atoms with van der Waals surface area (Å²) in [5.41, 5.74) is 2.11. The zero-order valence-electron chi connectivity index (χ0n) is 9.28. The molecule has 1 heterocycles. The van der Waals surface area contributed by atoms with Crippen molar-refractivity contribution in [3.8, 4) is 0 Å². The number of aliphatic hydroxyl groups excluding tert-OH is 1. The van der Waals surface area contributed by atoms with E-state index < -0.39 is 0 Å². The van der Waals surface area contributed by atoms with Crippen LogP contribution in [-0.4, -0.2) is 41.7 Å². The Morgan fingerprint density at radius 1 is 1.67 bits per heavy atom. The van der Waals surface area contributed by atoms with Crippen LogP contribution in [0, 0.1) is 5.92 Å². The number of nitrogens with two attached hydrogens (primary N) is 1. The van der Waals surface area contributed by atoms with Crippen molar-refractivity contribution in [1.82, 2.24) is 10.3 Å². The quantitative estimate of drug-likeness (QED) is 0.334. The van der Waals surface area contributed by atoms with E-state index in [0.717, 1.165) is 32.5 Å². The average Bonchev–Trinajstić information content (AvgIpc) is 2.23. The van der Waals surface area contributed by atoms with Crippen molar-refractivity contribution in [3.05, 3.63) is 0 Å². The highest BCUT2D eigenvalue weighted by Crippen LogP contribution is 2.16. The number of hydrogen-bond donors (Lipinski definition) is 3. The summed E-state index contributed by atoms with van der Waals surface area (Å²) in [5.74, 6) is 5.25. The van der Waals surface area contributed by atoms with Crippen molar-refractivity contribution in [1.29, 1.82) is 0 Å². The summed E-state index contributed by atoms with van der Waals surface area (Å²) >= 11 is 0. The summed E-state index contributed by atoms with van der Waals surface area (Å²) in [4.78, 5) is 13.1. The summed E-state index contributed by atoms with van der Waals surface area (Å²) in [5, 5.41) is 9.66. The molecule has 0 bridgehead atoms. The number of likely N-dealkylation sites (tertiary alicyclic amines) is 1. The molecule has 15 heavy (non-hydrogen) atoms. The van der Waals surface area contributed by atoms with Crippen LogP contribution in [0.15, 0.2) is 0 Å². The molecule has 88 valence electrons. The molecular weight excluding hydrogens is 194 g/mol. The molecule has 2 unspecified atom stereocenters. The third kappa shape index (κ3) is 4.15. The van der Waals surface area contributed by atoms with Crippen molar-refractivity contribution >= 4 is 5.91 Å². The maximum Gasteiger partial charge on any atom is 0.233 e. The first kappa shape index (κ1) is 12.4. The standard InChI is InChI=1S/C10H21N3O2/c1-8-4-6-13(7-9(8)14)5-2-3-10(15)12-11/h8-9,14H,2-7,11H2,1H3,(H,12,15). The fraction of sp³-hybridized carbons (Fsp3) is 0.900. The van der Waals surface area contributed by atoms with Gasteiger partial charge in [-0.25, -0.2) is 5.84 Å². The Morgan fingerprint density at radius 3 is 3.00 bits per heavy atom. The molecule has 0 radical (unpaired) electrons. The maximum absolute atomic E-state index is 10.9. The molecule has 0 aliphatic carbocycles. The van der Waals surface area contributed by atoms with Crippen LogP contribution >= 0.6 is 0 Å². The van der Waals surface area contributed by atoms with Crippen LogP contribution in [-0.2, 0) is 4.79 Å². The smallest absolute Gasteiger partial charge is 0.233 e. The van der Waals surface area contributed by atoms with Crippen LogP contribution in [0.5, 0.6) is 0 Å². The fourth-order valence-electron chi connectivity index (χ4n) is 1.85. The van der Waals surface area contributed by atoms with E-state index in [4.69, 9.17) is 5.84 Å². The third-order valence-electron chi connectivity index (χ3n) is 3.04. The lowest BCUT2D eigenvalue weighted by atomic mass is 9.96. The lowest BCUT2D eigenvalue weighted by Gasteiger charge is -2.34. The van der Waals surface area contributed by atoms with Gasteiger partial charge in [-0.1, -0.05) is 6.92 Å². The van der Waals surface area contributed by atoms with Crippen LogP contribution in [0.3, 0.4) is 0 Å². The Hall–Kier alpha value is -0.650. The van der Waals surface area contributed by atoms with Crippen molar-refractivity contribution in [3.63, 3.8) is 0 Å². The lowest BCUT2D eigenvalue weighted by Crippen LogP contribution is -2.43. The van der Waals surface area contributed by atoms with Gasteiger partial charge < -0.3 is 10.0 Å². The van der Waals surface area contributed by atoms with E-state index in [1.54, 1.807) is 0 Å². The first-order chi connectivity index (χ1) is 7.13. The molecule has 1 amide bonds. The molecule has 1 saturated heterocycles. The summed E-state index contributed by atoms with van der Waals surface area (Å²) < 4.78 is 0. The lowest BCUT2D eigenvalue weighted by molar-refractivity contribution is -0.121. The van der Waals surface area contributed by atoms with E-state index in [2.05, 4.69) is 17.2 Å². The monoisotopic (exact) mass is 215 g/mol. The molecule has 0 saturated carbocycles. The second-order valence-corrected chi connectivity index (χ2v) is 4.30. The van der Waals surface area contributed by atoms with Crippen LogP contribution < -0.4 is 11.3 Å². The number of hydrogen-bond acceptors (Lipinski definition) is 4. The van der Waals surface area contributed by atoms with Crippen LogP contribution in [0.25, 0.3) is 0 Å². The summed E-state index contributed by atoms with van der Waals surface area (Å²) in [6.45, 7) is 4.68. The molecule has 2 atom stereocenters. The van der Waals surface area contributed by atoms with Crippen molar-refractivity contribution in [2.75, 3.05) is 19.6 Å². The minimum absolute atomic E-state index is 0.124. The van der Waals surface area contributed by atoms with E-state index in [0.29, 0.717) is 12.3 Å². The fourth-order valence-corrected chi connectivity index (χ4v) is 1.85. The normalized spacial score (nSPS) is 27.7. The highest BCUT2D eigenvalue weighted by molar-refractivity contribution is 5.75. The van der Waals surface area contributed by atoms with Gasteiger partial charge in [0.25, 0.3) is 0 Å². The Labute approximate surface area is 90.6 Å². The van der Waals surface area contributed by atoms with Gasteiger partial charge >= 0.3 is 0 Å². The van der Waals surface area contributed by atoms with Gasteiger partial charge in [0.1, 0.15) is 0 Å². The molecular formula is C10H21N3O2. The topological polar surface area (TPSA) is 78.6 Å². The zero-order chi connectivity index (χ0) is 11.3. The number of aliphatic hydroxyl groups is 1. The van der Waals surface area contributed by atoms with Gasteiger partial charge in [-0.3, -0.25) is 10.2 Å². The number of piperidine rings is 1. The van der Waals surface area contributed by atoms with Gasteiger partial charge in [-0.15, -0.1) is 0 Å². The highest BCUT2D eigenvalue weighted by atomic mass is 16.3. The largest absolute Gasteiger partial charge is 0.392 e. The molecule has 4 N–H and O–H groups in total. The van der Waals surface area contributed by atoms with Gasteiger partial charge in [0, 0.05) is 13.0 Å². The Kier molecular flexibility index (Phi) is 5.01. The van der Waals surface area contributed by atoms with E-state index in [-0.39, 0.29) is 12.0 Å². The second kappa shape index (κ2) is 6.05. The van der Waals surface area contributed by atoms with Crippen molar-refractivity contribution < 1.29 is 9.90 Å². The number of β-amino-alcohol motifs (C(OH)–C–C–N with tert-alkyl or cyclic N) is 1. The molecule has 1 aliphatic heterocycles. The van der Waals surface area contributed by atoms with E-state index in [9.17, 15) is 9.90 Å². The van der Waals surface area contributed by atoms with Gasteiger partial charge in [0.05, 0.1) is 6.10 Å². The van der Waals surface area contributed by atoms with Gasteiger partial charge in [-0.2, -0.15) is 0 Å². The number of amides is 1. The number of carbonyl (C=O) groups excluding carboxylic acids is 1. The van der Waals surface area contributed by atoms with Crippen LogP contribution in [0.1, 0.15) is 26.2 Å². The number of carbonyl (C=O) groups is 1. The maximum atomic E-state index is 10.9. The Bertz CT molecular complexity index is 211. The average molecular weight is 215 g/mol. The summed E-state index contributed by atoms with van der Waals surface area (Å²) in [7, 11) is 0. The summed E-state index contributed by atoms with van der Waals surface area (Å²) in [6, 6.07) is 0. The third-order valence-corrected chi connectivity index (χ3v) is 3.04. The minimum Gasteiger partial charge on any atom is -0.392 e. The molecule has 0 aromatic carbocycles. The van der Waals surface area contributed by atoms with Crippen LogP contribution in [0.4, 0.5) is 0 Å². The van der Waals surface area contributed by atoms with Crippen molar-refractivity contribution in [2.24, 2.45) is 11.8 Å². The van der Waals surface area contributed by atoms with Gasteiger partial charge in [-0.05, 0) is 31.8 Å². The minimum atomic E-state index is -0.220. The summed E-state index contributed by atoms with van der Waals surface area (Å²) in [6.07, 6.45) is 2.06. The zero-order valence-corrected chi connectivity index (χ0v) is 9.28. The molecule has 0 spiro atoms. The predicted molar refractivity (Wildman–Crippen MR) is 57.8 cm³/mol. The number of hydrazine groups is 1. The Balaban J connectivity index is 2.14. The Morgan fingerprint density at radius 2 is 2.40 bits per heavy atom. The van der Waals surface area contributed by atoms with Crippen LogP contribution in [0.2, 0.25) is 0 Å². The highest BCUT2D eigenvalue weighted by Gasteiger charge is 2.23. The first-order valence-corrected chi connectivity index (χ1v) is 5.53. The van der Waals surface area contributed by atoms with E-state index in [1.807, 2.05) is 0 Å². The number of rotatable bonds is 4. The molecule has 5 heteroatoms. The van der Waals surface area contributed by atoms with Crippen molar-refractivity contribution in [2.45, 2.75) is 32.3 Å². The van der Waals surface area contributed by atoms with E-state index >= 15 is 0 Å². The molecule has 1 aliphatic rings.